The molecule has 3 atom stereocenters. The summed E-state index contributed by atoms with van der Waals surface area (Å²) in [5.41, 5.74) is 0. The number of amides is 1. The molecule has 3 rings (SSSR count). The summed E-state index contributed by atoms with van der Waals surface area (Å²) in [4.78, 5) is 16.9. The highest BCUT2D eigenvalue weighted by Crippen LogP contribution is 2.28. The Morgan fingerprint density at radius 2 is 2.04 bits per heavy atom. The molecule has 2 saturated heterocycles. The number of fused-ring (bicyclic) bond motifs is 1. The Labute approximate surface area is 139 Å². The monoisotopic (exact) mass is 344 g/mol. The van der Waals surface area contributed by atoms with Crippen LogP contribution in [0.4, 0.5) is 0 Å². The van der Waals surface area contributed by atoms with Crippen molar-refractivity contribution in [2.45, 2.75) is 57.2 Å². The maximum Gasteiger partial charge on any atom is 0.237 e. The zero-order valence-electron chi connectivity index (χ0n) is 13.9. The lowest BCUT2D eigenvalue weighted by Gasteiger charge is -2.44. The number of rotatable bonds is 4. The third-order valence-electron chi connectivity index (χ3n) is 5.52. The minimum Gasteiger partial charge on any atom is -0.374 e. The molecule has 2 aliphatic heterocycles. The van der Waals surface area contributed by atoms with Gasteiger partial charge in [-0.1, -0.05) is 19.8 Å². The van der Waals surface area contributed by atoms with Crippen LogP contribution in [0.3, 0.4) is 0 Å². The van der Waals surface area contributed by atoms with Gasteiger partial charge in [0.2, 0.25) is 5.91 Å². The Hall–Kier alpha value is -0.660. The van der Waals surface area contributed by atoms with Gasteiger partial charge >= 0.3 is 0 Å². The molecule has 132 valence electrons. The molecule has 0 N–H and O–H groups in total. The first-order valence-electron chi connectivity index (χ1n) is 8.85. The van der Waals surface area contributed by atoms with Crippen LogP contribution in [-0.2, 0) is 19.4 Å². The molecule has 1 saturated carbocycles. The minimum atomic E-state index is -2.92. The summed E-state index contributed by atoms with van der Waals surface area (Å²) in [6, 6.07) is 0.216. The van der Waals surface area contributed by atoms with Crippen LogP contribution in [-0.4, -0.2) is 80.1 Å². The molecule has 23 heavy (non-hydrogen) atoms. The average Bonchev–Trinajstić information content (AvgIpc) is 2.91. The zero-order chi connectivity index (χ0) is 16.4. The molecular formula is C16H28N2O4S. The molecule has 0 spiro atoms. The van der Waals surface area contributed by atoms with Crippen LogP contribution in [0.5, 0.6) is 0 Å². The van der Waals surface area contributed by atoms with E-state index in [0.717, 1.165) is 19.3 Å². The quantitative estimate of drug-likeness (QED) is 0.750. The minimum absolute atomic E-state index is 0.00265. The number of nitrogens with zero attached hydrogens (tertiary/aromatic N) is 2. The third-order valence-corrected chi connectivity index (χ3v) is 7.27. The molecule has 3 fully saturated rings. The van der Waals surface area contributed by atoms with Gasteiger partial charge in [0.1, 0.15) is 0 Å². The van der Waals surface area contributed by atoms with E-state index in [9.17, 15) is 13.2 Å². The van der Waals surface area contributed by atoms with Gasteiger partial charge in [-0.25, -0.2) is 8.42 Å². The molecule has 1 aliphatic carbocycles. The molecule has 2 heterocycles. The topological polar surface area (TPSA) is 66.9 Å². The smallest absolute Gasteiger partial charge is 0.237 e. The molecule has 0 aromatic heterocycles. The predicted molar refractivity (Wildman–Crippen MR) is 88.0 cm³/mol. The molecule has 0 aromatic rings. The van der Waals surface area contributed by atoms with Crippen molar-refractivity contribution in [1.82, 2.24) is 9.80 Å². The highest BCUT2D eigenvalue weighted by Gasteiger charge is 2.38. The molecule has 0 unspecified atom stereocenters. The van der Waals surface area contributed by atoms with Crippen molar-refractivity contribution in [3.8, 4) is 0 Å². The summed E-state index contributed by atoms with van der Waals surface area (Å²) >= 11 is 0. The van der Waals surface area contributed by atoms with E-state index < -0.39 is 9.84 Å². The Morgan fingerprint density at radius 3 is 2.74 bits per heavy atom. The summed E-state index contributed by atoms with van der Waals surface area (Å²) in [6.07, 6.45) is 5.27. The molecule has 7 heteroatoms. The fraction of sp³-hybridized carbons (Fsp3) is 0.938. The first-order valence-corrected chi connectivity index (χ1v) is 10.7. The maximum absolute atomic E-state index is 12.8. The number of carbonyl (C=O) groups excluding carboxylic acids is 1. The molecule has 3 aliphatic rings. The number of carbonyl (C=O) groups is 1. The first kappa shape index (κ1) is 17.2. The third kappa shape index (κ3) is 3.88. The van der Waals surface area contributed by atoms with Crippen molar-refractivity contribution in [3.63, 3.8) is 0 Å². The maximum atomic E-state index is 12.8. The fourth-order valence-electron chi connectivity index (χ4n) is 4.23. The van der Waals surface area contributed by atoms with E-state index in [-0.39, 0.29) is 35.6 Å². The van der Waals surface area contributed by atoms with Gasteiger partial charge in [0, 0.05) is 12.6 Å². The molecular weight excluding hydrogens is 316 g/mol. The van der Waals surface area contributed by atoms with Gasteiger partial charge < -0.3 is 9.64 Å². The van der Waals surface area contributed by atoms with E-state index in [1.165, 1.54) is 6.42 Å². The van der Waals surface area contributed by atoms with E-state index in [4.69, 9.17) is 4.74 Å². The summed E-state index contributed by atoms with van der Waals surface area (Å²) in [5.74, 6) is 0.588. The normalized spacial score (nSPS) is 33.7. The largest absolute Gasteiger partial charge is 0.374 e. The highest BCUT2D eigenvalue weighted by molar-refractivity contribution is 7.91. The van der Waals surface area contributed by atoms with Crippen LogP contribution in [0.1, 0.15) is 39.0 Å². The van der Waals surface area contributed by atoms with Gasteiger partial charge in [-0.3, -0.25) is 9.69 Å². The van der Waals surface area contributed by atoms with E-state index in [1.807, 2.05) is 16.7 Å². The van der Waals surface area contributed by atoms with Crippen molar-refractivity contribution in [2.24, 2.45) is 0 Å². The standard InChI is InChI=1S/C16H28N2O4S/c1-2-17(13-7-10-23(20,21)12-13)11-16(19)18-8-9-22-15-6-4-3-5-14(15)18/h13-15H,2-12H2,1H3/t13-,14+,15+/m0/s1. The first-order chi connectivity index (χ1) is 11.0. The second kappa shape index (κ2) is 7.07. The van der Waals surface area contributed by atoms with Crippen LogP contribution in [0.2, 0.25) is 0 Å². The number of hydrogen-bond acceptors (Lipinski definition) is 5. The predicted octanol–water partition coefficient (Wildman–Crippen LogP) is 0.665. The second-order valence-electron chi connectivity index (χ2n) is 6.97. The molecule has 0 bridgehead atoms. The van der Waals surface area contributed by atoms with Crippen LogP contribution < -0.4 is 0 Å². The van der Waals surface area contributed by atoms with E-state index in [0.29, 0.717) is 32.7 Å². The van der Waals surface area contributed by atoms with Crippen LogP contribution in [0.15, 0.2) is 0 Å². The van der Waals surface area contributed by atoms with Crippen molar-refractivity contribution in [1.29, 1.82) is 0 Å². The average molecular weight is 344 g/mol. The lowest BCUT2D eigenvalue weighted by atomic mass is 9.90. The summed E-state index contributed by atoms with van der Waals surface area (Å²) < 4.78 is 29.2. The van der Waals surface area contributed by atoms with E-state index >= 15 is 0 Å². The van der Waals surface area contributed by atoms with Crippen LogP contribution in [0.25, 0.3) is 0 Å². The number of morpholine rings is 1. The van der Waals surface area contributed by atoms with Crippen molar-refractivity contribution >= 4 is 15.7 Å². The summed E-state index contributed by atoms with van der Waals surface area (Å²) in [7, 11) is -2.92. The number of ether oxygens (including phenoxy) is 1. The molecule has 0 radical (unpaired) electrons. The van der Waals surface area contributed by atoms with Gasteiger partial charge in [0.15, 0.2) is 9.84 Å². The summed E-state index contributed by atoms with van der Waals surface area (Å²) in [6.45, 7) is 4.34. The number of likely N-dealkylation sites (N-methyl/N-ethyl adjacent to an activating group) is 1. The van der Waals surface area contributed by atoms with Gasteiger partial charge in [0.05, 0.1) is 36.8 Å². The molecule has 0 aromatic carbocycles. The Bertz CT molecular complexity index is 534. The van der Waals surface area contributed by atoms with Gasteiger partial charge in [-0.2, -0.15) is 0 Å². The lowest BCUT2D eigenvalue weighted by molar-refractivity contribution is -0.151. The Morgan fingerprint density at radius 1 is 1.26 bits per heavy atom. The second-order valence-corrected chi connectivity index (χ2v) is 9.20. The van der Waals surface area contributed by atoms with Crippen molar-refractivity contribution < 1.29 is 17.9 Å². The summed E-state index contributed by atoms with van der Waals surface area (Å²) in [5, 5.41) is 0. The lowest BCUT2D eigenvalue weighted by Crippen LogP contribution is -2.57. The molecule has 6 nitrogen and oxygen atoms in total. The fourth-order valence-corrected chi connectivity index (χ4v) is 5.99. The van der Waals surface area contributed by atoms with E-state index in [2.05, 4.69) is 0 Å². The van der Waals surface area contributed by atoms with Gasteiger partial charge in [-0.05, 0) is 25.8 Å². The molecule has 1 amide bonds. The Balaban J connectivity index is 1.62. The SMILES string of the molecule is CCN(CC(=O)N1CCO[C@@H]2CCCC[C@H]21)[C@H]1CCS(=O)(=O)C1. The van der Waals surface area contributed by atoms with Crippen LogP contribution >= 0.6 is 0 Å². The number of hydrogen-bond donors (Lipinski definition) is 0. The van der Waals surface area contributed by atoms with Gasteiger partial charge in [-0.15, -0.1) is 0 Å². The van der Waals surface area contributed by atoms with Gasteiger partial charge in [0.25, 0.3) is 0 Å². The zero-order valence-corrected chi connectivity index (χ0v) is 14.8. The van der Waals surface area contributed by atoms with Crippen LogP contribution in [0, 0.1) is 0 Å². The Kier molecular flexibility index (Phi) is 5.28. The van der Waals surface area contributed by atoms with E-state index in [1.54, 1.807) is 0 Å². The number of sulfone groups is 1. The van der Waals surface area contributed by atoms with Crippen molar-refractivity contribution in [3.05, 3.63) is 0 Å². The van der Waals surface area contributed by atoms with Crippen molar-refractivity contribution in [2.75, 3.05) is 37.7 Å². The highest BCUT2D eigenvalue weighted by atomic mass is 32.2.